The lowest BCUT2D eigenvalue weighted by Crippen LogP contribution is -2.22. The summed E-state index contributed by atoms with van der Waals surface area (Å²) in [5.74, 6) is 0.362. The molecule has 0 amide bonds. The van der Waals surface area contributed by atoms with Crippen molar-refractivity contribution in [1.82, 2.24) is 19.3 Å². The molecule has 0 saturated carbocycles. The van der Waals surface area contributed by atoms with Gasteiger partial charge >= 0.3 is 11.3 Å². The minimum atomic E-state index is -0.393. The zero-order chi connectivity index (χ0) is 20.6. The Labute approximate surface area is 169 Å². The second kappa shape index (κ2) is 5.73. The van der Waals surface area contributed by atoms with Crippen LogP contribution in [0.4, 0.5) is 11.5 Å². The van der Waals surface area contributed by atoms with Gasteiger partial charge < -0.3 is 9.73 Å². The number of hydrogen-bond acceptors (Lipinski definition) is 5. The van der Waals surface area contributed by atoms with Crippen molar-refractivity contribution in [2.45, 2.75) is 5.92 Å². The summed E-state index contributed by atoms with van der Waals surface area (Å²) in [5.41, 5.74) is 4.65. The van der Waals surface area contributed by atoms with E-state index < -0.39 is 5.63 Å². The molecular formula is C22H17N5O3. The number of para-hydroxylation sites is 1. The van der Waals surface area contributed by atoms with Gasteiger partial charge in [-0.2, -0.15) is 5.10 Å². The number of H-pyrrole nitrogens is 1. The minimum Gasteiger partial charge on any atom is -0.422 e. The highest BCUT2D eigenvalue weighted by Gasteiger charge is 2.33. The first-order chi connectivity index (χ1) is 14.5. The van der Waals surface area contributed by atoms with Gasteiger partial charge in [0.05, 0.1) is 28.5 Å². The van der Waals surface area contributed by atoms with Gasteiger partial charge in [-0.05, 0) is 29.8 Å². The Morgan fingerprint density at radius 3 is 2.70 bits per heavy atom. The number of aromatic nitrogens is 4. The van der Waals surface area contributed by atoms with Gasteiger partial charge in [0, 0.05) is 31.0 Å². The van der Waals surface area contributed by atoms with Gasteiger partial charge in [0.1, 0.15) is 11.4 Å². The molecular weight excluding hydrogens is 382 g/mol. The van der Waals surface area contributed by atoms with Crippen LogP contribution in [0.5, 0.6) is 0 Å². The van der Waals surface area contributed by atoms with Crippen LogP contribution in [0.25, 0.3) is 22.0 Å². The number of imidazole rings is 1. The number of anilines is 2. The first kappa shape index (κ1) is 16.8. The molecule has 4 heterocycles. The van der Waals surface area contributed by atoms with Crippen molar-refractivity contribution in [1.29, 1.82) is 0 Å². The first-order valence-electron chi connectivity index (χ1n) is 9.56. The van der Waals surface area contributed by atoms with Crippen LogP contribution in [0.3, 0.4) is 0 Å². The van der Waals surface area contributed by atoms with E-state index in [0.717, 1.165) is 33.4 Å². The molecule has 0 spiro atoms. The van der Waals surface area contributed by atoms with Crippen molar-refractivity contribution in [2.24, 2.45) is 14.1 Å². The molecule has 5 aromatic rings. The Balaban J connectivity index is 1.69. The van der Waals surface area contributed by atoms with Crippen LogP contribution in [0.1, 0.15) is 22.6 Å². The monoisotopic (exact) mass is 399 g/mol. The third-order valence-electron chi connectivity index (χ3n) is 6.00. The molecule has 0 aliphatic carbocycles. The third-order valence-corrected chi connectivity index (χ3v) is 6.00. The molecule has 2 aromatic carbocycles. The summed E-state index contributed by atoms with van der Waals surface area (Å²) in [7, 11) is 3.50. The van der Waals surface area contributed by atoms with Crippen molar-refractivity contribution in [3.63, 3.8) is 0 Å². The lowest BCUT2D eigenvalue weighted by Gasteiger charge is -2.26. The molecule has 148 valence electrons. The first-order valence-corrected chi connectivity index (χ1v) is 9.56. The maximum absolute atomic E-state index is 13.1. The van der Waals surface area contributed by atoms with Gasteiger partial charge in [0.2, 0.25) is 0 Å². The van der Waals surface area contributed by atoms with Gasteiger partial charge in [0.15, 0.2) is 0 Å². The minimum absolute atomic E-state index is 0.0950. The average molecular weight is 399 g/mol. The van der Waals surface area contributed by atoms with Gasteiger partial charge in [-0.25, -0.2) is 9.59 Å². The molecule has 8 heteroatoms. The summed E-state index contributed by atoms with van der Waals surface area (Å²) in [5, 5.41) is 11.3. The van der Waals surface area contributed by atoms with E-state index in [1.807, 2.05) is 36.4 Å². The van der Waals surface area contributed by atoms with E-state index in [0.29, 0.717) is 16.8 Å². The summed E-state index contributed by atoms with van der Waals surface area (Å²) in [6, 6.07) is 13.3. The topological polar surface area (TPSA) is 97.9 Å². The average Bonchev–Trinajstić information content (AvgIpc) is 3.31. The van der Waals surface area contributed by atoms with E-state index >= 15 is 0 Å². The molecule has 1 atom stereocenters. The van der Waals surface area contributed by atoms with Gasteiger partial charge in [-0.3, -0.25) is 14.2 Å². The molecule has 0 fully saturated rings. The highest BCUT2D eigenvalue weighted by Crippen LogP contribution is 2.45. The molecule has 1 aliphatic rings. The van der Waals surface area contributed by atoms with Crippen molar-refractivity contribution in [3.05, 3.63) is 86.3 Å². The summed E-state index contributed by atoms with van der Waals surface area (Å²) >= 11 is 0. The Morgan fingerprint density at radius 2 is 1.83 bits per heavy atom. The van der Waals surface area contributed by atoms with Crippen molar-refractivity contribution < 1.29 is 4.42 Å². The molecule has 8 nitrogen and oxygen atoms in total. The van der Waals surface area contributed by atoms with Crippen LogP contribution < -0.4 is 16.6 Å². The summed E-state index contributed by atoms with van der Waals surface area (Å²) < 4.78 is 8.88. The Kier molecular flexibility index (Phi) is 3.22. The molecule has 0 unspecified atom stereocenters. The van der Waals surface area contributed by atoms with Crippen LogP contribution in [0.15, 0.2) is 62.7 Å². The fourth-order valence-corrected chi connectivity index (χ4v) is 4.51. The van der Waals surface area contributed by atoms with Gasteiger partial charge in [-0.15, -0.1) is 0 Å². The molecule has 0 saturated heterocycles. The summed E-state index contributed by atoms with van der Waals surface area (Å²) in [4.78, 5) is 25.5. The zero-order valence-corrected chi connectivity index (χ0v) is 16.3. The molecule has 6 rings (SSSR count). The van der Waals surface area contributed by atoms with Crippen molar-refractivity contribution in [2.75, 3.05) is 5.32 Å². The molecule has 0 radical (unpaired) electrons. The fourth-order valence-electron chi connectivity index (χ4n) is 4.51. The largest absolute Gasteiger partial charge is 0.422 e. The number of aromatic amines is 1. The SMILES string of the molecule is Cn1c(=O)n(C)c2cc([C@@H]3c4cn[nH]c4Nc4c3c(=O)oc3ccccc43)ccc21. The van der Waals surface area contributed by atoms with Gasteiger partial charge in [0.25, 0.3) is 0 Å². The molecule has 1 aliphatic heterocycles. The Hall–Kier alpha value is -4.07. The molecule has 2 N–H and O–H groups in total. The van der Waals surface area contributed by atoms with E-state index in [1.165, 1.54) is 0 Å². The highest BCUT2D eigenvalue weighted by molar-refractivity contribution is 5.95. The molecule has 0 bridgehead atoms. The van der Waals surface area contributed by atoms with Crippen LogP contribution in [0, 0.1) is 0 Å². The summed E-state index contributed by atoms with van der Waals surface area (Å²) in [6.45, 7) is 0. The van der Waals surface area contributed by atoms with E-state index in [4.69, 9.17) is 4.42 Å². The third kappa shape index (κ3) is 2.07. The fraction of sp³-hybridized carbons (Fsp3) is 0.136. The van der Waals surface area contributed by atoms with Crippen LogP contribution in [-0.4, -0.2) is 19.3 Å². The number of aryl methyl sites for hydroxylation is 2. The van der Waals surface area contributed by atoms with Crippen LogP contribution in [-0.2, 0) is 14.1 Å². The number of nitrogens with zero attached hydrogens (tertiary/aromatic N) is 3. The predicted octanol–water partition coefficient (Wildman–Crippen LogP) is 2.94. The highest BCUT2D eigenvalue weighted by atomic mass is 16.4. The predicted molar refractivity (Wildman–Crippen MR) is 113 cm³/mol. The van der Waals surface area contributed by atoms with E-state index in [1.54, 1.807) is 35.5 Å². The maximum atomic E-state index is 13.1. The normalized spacial score (nSPS) is 15.2. The number of nitrogens with one attached hydrogen (secondary N) is 2. The molecule has 3 aromatic heterocycles. The van der Waals surface area contributed by atoms with E-state index in [2.05, 4.69) is 15.5 Å². The van der Waals surface area contributed by atoms with Crippen molar-refractivity contribution in [3.8, 4) is 0 Å². The lowest BCUT2D eigenvalue weighted by molar-refractivity contribution is 0.549. The summed E-state index contributed by atoms with van der Waals surface area (Å²) in [6.07, 6.45) is 1.72. The number of rotatable bonds is 1. The second-order valence-corrected chi connectivity index (χ2v) is 7.58. The second-order valence-electron chi connectivity index (χ2n) is 7.58. The maximum Gasteiger partial charge on any atom is 0.342 e. The quantitative estimate of drug-likeness (QED) is 0.414. The van der Waals surface area contributed by atoms with Crippen LogP contribution >= 0.6 is 0 Å². The smallest absolute Gasteiger partial charge is 0.342 e. The Bertz CT molecular complexity index is 1600. The Morgan fingerprint density at radius 1 is 1.03 bits per heavy atom. The number of fused-ring (bicyclic) bond motifs is 5. The van der Waals surface area contributed by atoms with Crippen molar-refractivity contribution >= 4 is 33.5 Å². The van der Waals surface area contributed by atoms with Crippen LogP contribution in [0.2, 0.25) is 0 Å². The number of benzene rings is 2. The standard InChI is InChI=1S/C22H17N5O3/c1-26-14-8-7-11(9-15(14)27(2)22(26)29)17-13-10-23-25-20(13)24-19-12-5-3-4-6-16(12)30-21(28)18(17)19/h3-10,17H,1-2H3,(H2,23,24,25)/t17-/m1/s1. The lowest BCUT2D eigenvalue weighted by atomic mass is 9.83. The number of hydrogen-bond donors (Lipinski definition) is 2. The zero-order valence-electron chi connectivity index (χ0n) is 16.3. The van der Waals surface area contributed by atoms with E-state index in [-0.39, 0.29) is 11.6 Å². The van der Waals surface area contributed by atoms with E-state index in [9.17, 15) is 9.59 Å². The van der Waals surface area contributed by atoms with Gasteiger partial charge in [-0.1, -0.05) is 18.2 Å². The molecule has 30 heavy (non-hydrogen) atoms.